The van der Waals surface area contributed by atoms with Gasteiger partial charge in [0.25, 0.3) is 0 Å². The molecule has 2 aromatic heterocycles. The minimum atomic E-state index is 0.764. The first-order chi connectivity index (χ1) is 5.81. The van der Waals surface area contributed by atoms with E-state index in [0.29, 0.717) is 0 Å². The lowest BCUT2D eigenvalue weighted by Gasteiger charge is -2.00. The lowest BCUT2D eigenvalue weighted by Crippen LogP contribution is -1.94. The second kappa shape index (κ2) is 2.52. The Hall–Kier alpha value is -1.51. The van der Waals surface area contributed by atoms with Gasteiger partial charge in [-0.1, -0.05) is 6.07 Å². The van der Waals surface area contributed by atoms with Crippen molar-refractivity contribution in [2.45, 2.75) is 6.92 Å². The molecule has 3 nitrogen and oxygen atoms in total. The third-order valence-corrected chi connectivity index (χ3v) is 1.78. The van der Waals surface area contributed by atoms with E-state index >= 15 is 0 Å². The molecule has 2 heterocycles. The van der Waals surface area contributed by atoms with Crippen molar-refractivity contribution in [2.24, 2.45) is 0 Å². The van der Waals surface area contributed by atoms with E-state index < -0.39 is 0 Å². The Morgan fingerprint density at radius 3 is 3.00 bits per heavy atom. The molecule has 62 valence electrons. The van der Waals surface area contributed by atoms with Crippen LogP contribution >= 0.6 is 0 Å². The van der Waals surface area contributed by atoms with E-state index in [0.717, 1.165) is 17.1 Å². The van der Waals surface area contributed by atoms with Crippen LogP contribution in [0.1, 0.15) is 5.69 Å². The zero-order chi connectivity index (χ0) is 8.55. The van der Waals surface area contributed by atoms with Crippen molar-refractivity contribution < 1.29 is 4.74 Å². The summed E-state index contributed by atoms with van der Waals surface area (Å²) in [4.78, 5) is 0. The standard InChI is InChI=1S/C9H10N2O/c1-7-6-8-4-3-5-9(12-2)11(8)10-7/h3-6H,1-2H3. The van der Waals surface area contributed by atoms with Crippen LogP contribution in [-0.2, 0) is 0 Å². The molecule has 0 aliphatic heterocycles. The van der Waals surface area contributed by atoms with Gasteiger partial charge >= 0.3 is 0 Å². The van der Waals surface area contributed by atoms with Crippen LogP contribution in [0.4, 0.5) is 0 Å². The summed E-state index contributed by atoms with van der Waals surface area (Å²) in [6.07, 6.45) is 0. The molecule has 0 saturated heterocycles. The minimum Gasteiger partial charge on any atom is -0.481 e. The zero-order valence-corrected chi connectivity index (χ0v) is 7.11. The zero-order valence-electron chi connectivity index (χ0n) is 7.11. The number of nitrogens with zero attached hydrogens (tertiary/aromatic N) is 2. The van der Waals surface area contributed by atoms with Gasteiger partial charge in [0.2, 0.25) is 5.88 Å². The summed E-state index contributed by atoms with van der Waals surface area (Å²) in [5, 5.41) is 4.28. The molecule has 0 aromatic carbocycles. The highest BCUT2D eigenvalue weighted by atomic mass is 16.5. The summed E-state index contributed by atoms with van der Waals surface area (Å²) in [5.74, 6) is 0.764. The van der Waals surface area contributed by atoms with Gasteiger partial charge in [-0.05, 0) is 19.1 Å². The van der Waals surface area contributed by atoms with Gasteiger partial charge in [-0.3, -0.25) is 0 Å². The fourth-order valence-corrected chi connectivity index (χ4v) is 1.27. The number of hydrogen-bond acceptors (Lipinski definition) is 2. The van der Waals surface area contributed by atoms with Gasteiger partial charge in [-0.15, -0.1) is 0 Å². The number of hydrogen-bond donors (Lipinski definition) is 0. The molecule has 2 rings (SSSR count). The quantitative estimate of drug-likeness (QED) is 0.637. The summed E-state index contributed by atoms with van der Waals surface area (Å²) >= 11 is 0. The molecule has 0 spiro atoms. The van der Waals surface area contributed by atoms with Crippen molar-refractivity contribution in [3.05, 3.63) is 30.0 Å². The van der Waals surface area contributed by atoms with Crippen molar-refractivity contribution in [3.63, 3.8) is 0 Å². The maximum atomic E-state index is 5.14. The molecule has 0 unspecified atom stereocenters. The summed E-state index contributed by atoms with van der Waals surface area (Å²) in [7, 11) is 1.64. The molecular weight excluding hydrogens is 152 g/mol. The SMILES string of the molecule is COc1cccc2cc(C)nn12. The fraction of sp³-hybridized carbons (Fsp3) is 0.222. The highest BCUT2D eigenvalue weighted by molar-refractivity contribution is 5.49. The van der Waals surface area contributed by atoms with Crippen LogP contribution in [0.5, 0.6) is 5.88 Å². The maximum Gasteiger partial charge on any atom is 0.214 e. The Kier molecular flexibility index (Phi) is 1.50. The van der Waals surface area contributed by atoms with Crippen molar-refractivity contribution in [1.82, 2.24) is 9.61 Å². The molecule has 0 radical (unpaired) electrons. The molecule has 0 saturated carbocycles. The second-order valence-electron chi connectivity index (χ2n) is 2.69. The maximum absolute atomic E-state index is 5.14. The largest absolute Gasteiger partial charge is 0.481 e. The average Bonchev–Trinajstić information content (AvgIpc) is 2.44. The molecule has 0 N–H and O–H groups in total. The van der Waals surface area contributed by atoms with Crippen LogP contribution in [0.15, 0.2) is 24.3 Å². The van der Waals surface area contributed by atoms with Crippen molar-refractivity contribution in [2.75, 3.05) is 7.11 Å². The minimum absolute atomic E-state index is 0.764. The van der Waals surface area contributed by atoms with E-state index in [1.165, 1.54) is 0 Å². The summed E-state index contributed by atoms with van der Waals surface area (Å²) < 4.78 is 6.93. The molecule has 12 heavy (non-hydrogen) atoms. The van der Waals surface area contributed by atoms with Gasteiger partial charge in [0.1, 0.15) is 0 Å². The predicted molar refractivity (Wildman–Crippen MR) is 46.5 cm³/mol. The highest BCUT2D eigenvalue weighted by Crippen LogP contribution is 2.14. The van der Waals surface area contributed by atoms with Gasteiger partial charge < -0.3 is 4.74 Å². The van der Waals surface area contributed by atoms with Crippen LogP contribution < -0.4 is 4.74 Å². The molecule has 0 bridgehead atoms. The molecule has 0 fully saturated rings. The first-order valence-electron chi connectivity index (χ1n) is 3.80. The number of methoxy groups -OCH3 is 1. The Labute approximate surface area is 70.6 Å². The fourth-order valence-electron chi connectivity index (χ4n) is 1.27. The van der Waals surface area contributed by atoms with Crippen molar-refractivity contribution in [1.29, 1.82) is 0 Å². The predicted octanol–water partition coefficient (Wildman–Crippen LogP) is 1.65. The summed E-state index contributed by atoms with van der Waals surface area (Å²) in [6.45, 7) is 1.96. The van der Waals surface area contributed by atoms with Gasteiger partial charge in [0.15, 0.2) is 0 Å². The Morgan fingerprint density at radius 2 is 2.25 bits per heavy atom. The van der Waals surface area contributed by atoms with Gasteiger partial charge in [0.05, 0.1) is 18.3 Å². The number of ether oxygens (including phenoxy) is 1. The first kappa shape index (κ1) is 7.16. The first-order valence-corrected chi connectivity index (χ1v) is 3.80. The topological polar surface area (TPSA) is 26.5 Å². The molecular formula is C9H10N2O. The van der Waals surface area contributed by atoms with E-state index in [4.69, 9.17) is 4.74 Å². The molecule has 0 aliphatic rings. The van der Waals surface area contributed by atoms with Crippen LogP contribution in [0.25, 0.3) is 5.52 Å². The molecule has 2 aromatic rings. The number of pyridine rings is 1. The van der Waals surface area contributed by atoms with Gasteiger partial charge in [-0.2, -0.15) is 5.10 Å². The van der Waals surface area contributed by atoms with Crippen LogP contribution in [0.2, 0.25) is 0 Å². The molecule has 0 atom stereocenters. The smallest absolute Gasteiger partial charge is 0.214 e. The van der Waals surface area contributed by atoms with Crippen molar-refractivity contribution >= 4 is 5.52 Å². The highest BCUT2D eigenvalue weighted by Gasteiger charge is 2.00. The number of aryl methyl sites for hydroxylation is 1. The van der Waals surface area contributed by atoms with Crippen LogP contribution in [0.3, 0.4) is 0 Å². The Bertz CT molecular complexity index is 406. The normalized spacial score (nSPS) is 10.5. The number of rotatable bonds is 1. The monoisotopic (exact) mass is 162 g/mol. The molecule has 0 aliphatic carbocycles. The Morgan fingerprint density at radius 1 is 1.42 bits per heavy atom. The third-order valence-electron chi connectivity index (χ3n) is 1.78. The van der Waals surface area contributed by atoms with E-state index in [2.05, 4.69) is 5.10 Å². The average molecular weight is 162 g/mol. The summed E-state index contributed by atoms with van der Waals surface area (Å²) in [6, 6.07) is 7.86. The van der Waals surface area contributed by atoms with Crippen molar-refractivity contribution in [3.8, 4) is 5.88 Å². The number of fused-ring (bicyclic) bond motifs is 1. The molecule has 3 heteroatoms. The van der Waals surface area contributed by atoms with E-state index in [1.807, 2.05) is 31.2 Å². The lowest BCUT2D eigenvalue weighted by molar-refractivity contribution is 0.385. The summed E-state index contributed by atoms with van der Waals surface area (Å²) in [5.41, 5.74) is 2.06. The van der Waals surface area contributed by atoms with E-state index in [9.17, 15) is 0 Å². The third kappa shape index (κ3) is 0.942. The van der Waals surface area contributed by atoms with Crippen LogP contribution in [0, 0.1) is 6.92 Å². The van der Waals surface area contributed by atoms with E-state index in [1.54, 1.807) is 11.6 Å². The van der Waals surface area contributed by atoms with Gasteiger partial charge in [-0.25, -0.2) is 4.52 Å². The molecule has 0 amide bonds. The van der Waals surface area contributed by atoms with Gasteiger partial charge in [0, 0.05) is 6.07 Å². The van der Waals surface area contributed by atoms with Crippen LogP contribution in [-0.4, -0.2) is 16.7 Å². The second-order valence-corrected chi connectivity index (χ2v) is 2.69. The lowest BCUT2D eigenvalue weighted by atomic mass is 10.4. The van der Waals surface area contributed by atoms with E-state index in [-0.39, 0.29) is 0 Å². The Balaban J connectivity index is 2.78. The number of aromatic nitrogens is 2.